The van der Waals surface area contributed by atoms with E-state index in [4.69, 9.17) is 9.47 Å². The van der Waals surface area contributed by atoms with Gasteiger partial charge in [0.05, 0.1) is 11.8 Å². The molecule has 5 heteroatoms. The number of anilines is 1. The summed E-state index contributed by atoms with van der Waals surface area (Å²) >= 11 is 0. The average molecular weight is 405 g/mol. The third kappa shape index (κ3) is 3.17. The van der Waals surface area contributed by atoms with Crippen molar-refractivity contribution in [2.24, 2.45) is 23.7 Å². The Bertz CT molecular complexity index is 995. The van der Waals surface area contributed by atoms with Gasteiger partial charge in [0.25, 0.3) is 0 Å². The second kappa shape index (κ2) is 7.15. The van der Waals surface area contributed by atoms with Gasteiger partial charge in [0.1, 0.15) is 17.6 Å². The van der Waals surface area contributed by atoms with E-state index < -0.39 is 0 Å². The van der Waals surface area contributed by atoms with E-state index in [1.54, 1.807) is 0 Å². The fourth-order valence-electron chi connectivity index (χ4n) is 5.53. The van der Waals surface area contributed by atoms with Crippen molar-refractivity contribution in [2.45, 2.75) is 45.6 Å². The molecule has 2 aromatic carbocycles. The lowest BCUT2D eigenvalue weighted by Crippen LogP contribution is -2.35. The molecule has 0 spiro atoms. The number of ether oxygens (including phenoxy) is 2. The van der Waals surface area contributed by atoms with Crippen molar-refractivity contribution < 1.29 is 19.1 Å². The van der Waals surface area contributed by atoms with E-state index in [2.05, 4.69) is 31.3 Å². The first-order valence-corrected chi connectivity index (χ1v) is 10.8. The van der Waals surface area contributed by atoms with E-state index in [1.807, 2.05) is 37.3 Å². The summed E-state index contributed by atoms with van der Waals surface area (Å²) in [6.07, 6.45) is 1.80. The van der Waals surface area contributed by atoms with Crippen LogP contribution in [0.5, 0.6) is 11.5 Å². The molecule has 5 rings (SSSR count). The van der Waals surface area contributed by atoms with Gasteiger partial charge in [-0.1, -0.05) is 26.0 Å². The summed E-state index contributed by atoms with van der Waals surface area (Å²) in [7, 11) is 0. The Labute approximate surface area is 176 Å². The molecule has 0 unspecified atom stereocenters. The normalized spacial score (nSPS) is 28.7. The van der Waals surface area contributed by atoms with Crippen molar-refractivity contribution in [3.05, 3.63) is 53.6 Å². The molecule has 5 atom stereocenters. The standard InChI is InChI=1S/C25H27NO4/c1-13(2)18-9-4-14(3)10-20(18)29-17-7-5-16(6-8-17)26-24(27)22-15-11-19-21(12-15)30-25(28)23(19)22/h4-10,13,15,19,21-23H,11-12H2,1-3H3,(H,26,27)/t15-,19+,21+,22-,23-/m1/s1. The highest BCUT2D eigenvalue weighted by Gasteiger charge is 2.63. The van der Waals surface area contributed by atoms with Gasteiger partial charge >= 0.3 is 5.97 Å². The number of hydrogen-bond acceptors (Lipinski definition) is 4. The van der Waals surface area contributed by atoms with Crippen LogP contribution in [0.2, 0.25) is 0 Å². The number of fused-ring (bicyclic) bond motifs is 1. The van der Waals surface area contributed by atoms with Gasteiger partial charge in [0, 0.05) is 11.6 Å². The fourth-order valence-corrected chi connectivity index (χ4v) is 5.53. The SMILES string of the molecule is Cc1ccc(C(C)C)c(Oc2ccc(NC(=O)[C@@H]3[C@@H]4C[C@@H]5[C@H]3C(=O)O[C@H]5C4)cc2)c1. The first-order chi connectivity index (χ1) is 14.4. The molecule has 2 aliphatic carbocycles. The molecule has 1 amide bonds. The largest absolute Gasteiger partial charge is 0.462 e. The minimum absolute atomic E-state index is 0.0466. The lowest BCUT2D eigenvalue weighted by Gasteiger charge is -2.23. The number of carbonyl (C=O) groups is 2. The van der Waals surface area contributed by atoms with Gasteiger partial charge < -0.3 is 14.8 Å². The molecule has 1 heterocycles. The van der Waals surface area contributed by atoms with Crippen molar-refractivity contribution in [1.29, 1.82) is 0 Å². The zero-order valence-electron chi connectivity index (χ0n) is 17.6. The van der Waals surface area contributed by atoms with Crippen LogP contribution >= 0.6 is 0 Å². The van der Waals surface area contributed by atoms with Gasteiger partial charge in [-0.2, -0.15) is 0 Å². The predicted molar refractivity (Wildman–Crippen MR) is 113 cm³/mol. The van der Waals surface area contributed by atoms with Crippen LogP contribution in [0, 0.1) is 30.6 Å². The number of carbonyl (C=O) groups excluding carboxylic acids is 2. The molecule has 1 saturated heterocycles. The van der Waals surface area contributed by atoms with Crippen molar-refractivity contribution in [1.82, 2.24) is 0 Å². The van der Waals surface area contributed by atoms with Crippen LogP contribution in [-0.2, 0) is 14.3 Å². The van der Waals surface area contributed by atoms with Gasteiger partial charge in [-0.25, -0.2) is 0 Å². The average Bonchev–Trinajstić information content (AvgIpc) is 3.32. The molecular formula is C25H27NO4. The van der Waals surface area contributed by atoms with Crippen molar-refractivity contribution in [2.75, 3.05) is 5.32 Å². The molecule has 1 N–H and O–H groups in total. The Morgan fingerprint density at radius 1 is 1.13 bits per heavy atom. The molecular weight excluding hydrogens is 378 g/mol. The molecule has 156 valence electrons. The van der Waals surface area contributed by atoms with Crippen LogP contribution in [0.15, 0.2) is 42.5 Å². The highest BCUT2D eigenvalue weighted by Crippen LogP contribution is 2.57. The molecule has 30 heavy (non-hydrogen) atoms. The number of aryl methyl sites for hydroxylation is 1. The number of nitrogens with one attached hydrogen (secondary N) is 1. The summed E-state index contributed by atoms with van der Waals surface area (Å²) in [6, 6.07) is 13.7. The van der Waals surface area contributed by atoms with Crippen LogP contribution < -0.4 is 10.1 Å². The molecule has 0 radical (unpaired) electrons. The maximum atomic E-state index is 12.9. The third-order valence-corrected chi connectivity index (χ3v) is 6.93. The van der Waals surface area contributed by atoms with Crippen molar-refractivity contribution >= 4 is 17.6 Å². The lowest BCUT2D eigenvalue weighted by atomic mass is 9.79. The molecule has 1 aliphatic heterocycles. The Balaban J connectivity index is 1.28. The second-order valence-corrected chi connectivity index (χ2v) is 9.23. The number of esters is 1. The van der Waals surface area contributed by atoms with E-state index in [0.717, 1.165) is 35.5 Å². The van der Waals surface area contributed by atoms with E-state index in [-0.39, 0.29) is 41.7 Å². The zero-order chi connectivity index (χ0) is 21.0. The Hall–Kier alpha value is -2.82. The highest BCUT2D eigenvalue weighted by atomic mass is 16.6. The minimum atomic E-state index is -0.266. The summed E-state index contributed by atoms with van der Waals surface area (Å²) < 4.78 is 11.6. The monoisotopic (exact) mass is 405 g/mol. The van der Waals surface area contributed by atoms with Crippen LogP contribution in [0.3, 0.4) is 0 Å². The summed E-state index contributed by atoms with van der Waals surface area (Å²) in [4.78, 5) is 25.1. The summed E-state index contributed by atoms with van der Waals surface area (Å²) in [5, 5.41) is 3.00. The van der Waals surface area contributed by atoms with E-state index in [1.165, 1.54) is 0 Å². The smallest absolute Gasteiger partial charge is 0.310 e. The van der Waals surface area contributed by atoms with Crippen LogP contribution in [-0.4, -0.2) is 18.0 Å². The highest BCUT2D eigenvalue weighted by molar-refractivity contribution is 5.97. The van der Waals surface area contributed by atoms with E-state index in [0.29, 0.717) is 11.6 Å². The molecule has 2 saturated carbocycles. The fraction of sp³-hybridized carbons (Fsp3) is 0.440. The number of rotatable bonds is 5. The molecule has 2 aromatic rings. The second-order valence-electron chi connectivity index (χ2n) is 9.23. The van der Waals surface area contributed by atoms with Gasteiger partial charge in [0.15, 0.2) is 0 Å². The quantitative estimate of drug-likeness (QED) is 0.707. The number of benzene rings is 2. The first kappa shape index (κ1) is 19.2. The maximum absolute atomic E-state index is 12.9. The topological polar surface area (TPSA) is 64.6 Å². The van der Waals surface area contributed by atoms with Crippen LogP contribution in [0.4, 0.5) is 5.69 Å². The van der Waals surface area contributed by atoms with Gasteiger partial charge in [0.2, 0.25) is 5.91 Å². The third-order valence-electron chi connectivity index (χ3n) is 6.93. The lowest BCUT2D eigenvalue weighted by molar-refractivity contribution is -0.145. The van der Waals surface area contributed by atoms with Crippen molar-refractivity contribution in [3.63, 3.8) is 0 Å². The Morgan fingerprint density at radius 3 is 2.63 bits per heavy atom. The van der Waals surface area contributed by atoms with E-state index in [9.17, 15) is 9.59 Å². The zero-order valence-corrected chi connectivity index (χ0v) is 17.6. The molecule has 3 fully saturated rings. The van der Waals surface area contributed by atoms with Crippen LogP contribution in [0.25, 0.3) is 0 Å². The number of hydrogen-bond donors (Lipinski definition) is 1. The Kier molecular flexibility index (Phi) is 4.57. The van der Waals surface area contributed by atoms with Crippen molar-refractivity contribution in [3.8, 4) is 11.5 Å². The van der Waals surface area contributed by atoms with Crippen LogP contribution in [0.1, 0.15) is 43.7 Å². The predicted octanol–water partition coefficient (Wildman–Crippen LogP) is 5.05. The van der Waals surface area contributed by atoms with Gasteiger partial charge in [-0.3, -0.25) is 9.59 Å². The maximum Gasteiger partial charge on any atom is 0.310 e. The van der Waals surface area contributed by atoms with Gasteiger partial charge in [-0.05, 0) is 73.1 Å². The van der Waals surface area contributed by atoms with Gasteiger partial charge in [-0.15, -0.1) is 0 Å². The minimum Gasteiger partial charge on any atom is -0.462 e. The first-order valence-electron chi connectivity index (χ1n) is 10.8. The molecule has 0 aromatic heterocycles. The molecule has 5 nitrogen and oxygen atoms in total. The summed E-state index contributed by atoms with van der Waals surface area (Å²) in [5.41, 5.74) is 3.03. The molecule has 2 bridgehead atoms. The Morgan fingerprint density at radius 2 is 1.90 bits per heavy atom. The van der Waals surface area contributed by atoms with E-state index >= 15 is 0 Å². The summed E-state index contributed by atoms with van der Waals surface area (Å²) in [5.74, 6) is 1.66. The number of amides is 1. The summed E-state index contributed by atoms with van der Waals surface area (Å²) in [6.45, 7) is 6.34. The molecule has 3 aliphatic rings.